The first kappa shape index (κ1) is 26.8. The van der Waals surface area contributed by atoms with Gasteiger partial charge in [-0.3, -0.25) is 14.5 Å². The zero-order valence-electron chi connectivity index (χ0n) is 22.3. The van der Waals surface area contributed by atoms with E-state index in [1.165, 1.54) is 7.11 Å². The van der Waals surface area contributed by atoms with Crippen molar-refractivity contribution >= 4 is 17.4 Å². The van der Waals surface area contributed by atoms with Gasteiger partial charge in [-0.2, -0.15) is 0 Å². The molecule has 0 radical (unpaired) electrons. The van der Waals surface area contributed by atoms with Gasteiger partial charge in [0, 0.05) is 31.7 Å². The van der Waals surface area contributed by atoms with E-state index in [-0.39, 0.29) is 11.3 Å². The van der Waals surface area contributed by atoms with Crippen LogP contribution in [0.3, 0.4) is 0 Å². The van der Waals surface area contributed by atoms with E-state index in [1.54, 1.807) is 41.3 Å². The quantitative estimate of drug-likeness (QED) is 0.293. The molecule has 0 unspecified atom stereocenters. The highest BCUT2D eigenvalue weighted by Crippen LogP contribution is 2.43. The van der Waals surface area contributed by atoms with Crippen LogP contribution in [0.5, 0.6) is 23.0 Å². The van der Waals surface area contributed by atoms with E-state index in [0.29, 0.717) is 80.1 Å². The number of carbonyl (C=O) groups is 2. The summed E-state index contributed by atoms with van der Waals surface area (Å²) >= 11 is 0. The lowest BCUT2D eigenvalue weighted by molar-refractivity contribution is -0.140. The Kier molecular flexibility index (Phi) is 8.23. The summed E-state index contributed by atoms with van der Waals surface area (Å²) in [7, 11) is 1.54. The van der Waals surface area contributed by atoms with Crippen molar-refractivity contribution in [3.63, 3.8) is 0 Å². The van der Waals surface area contributed by atoms with Gasteiger partial charge in [0.1, 0.15) is 19.0 Å². The molecule has 2 aromatic rings. The van der Waals surface area contributed by atoms with Crippen LogP contribution in [-0.4, -0.2) is 92.9 Å². The predicted molar refractivity (Wildman–Crippen MR) is 142 cm³/mol. The number of hydrogen-bond acceptors (Lipinski definition) is 9. The molecule has 0 spiro atoms. The number of aliphatic hydroxyl groups is 1. The number of methoxy groups -OCH3 is 1. The Balaban J connectivity index is 1.52. The number of hydrogen-bond donors (Lipinski definition) is 1. The van der Waals surface area contributed by atoms with Crippen molar-refractivity contribution in [2.24, 2.45) is 0 Å². The number of carbonyl (C=O) groups excluding carboxylic acids is 2. The number of ether oxygens (including phenoxy) is 5. The van der Waals surface area contributed by atoms with Gasteiger partial charge in [0.05, 0.1) is 38.5 Å². The molecule has 1 amide bonds. The zero-order chi connectivity index (χ0) is 27.4. The molecule has 0 saturated carbocycles. The summed E-state index contributed by atoms with van der Waals surface area (Å²) in [5.41, 5.74) is 1.03. The minimum atomic E-state index is -0.799. The van der Waals surface area contributed by atoms with Crippen LogP contribution in [-0.2, 0) is 14.3 Å². The average molecular weight is 539 g/mol. The van der Waals surface area contributed by atoms with Crippen LogP contribution in [0.2, 0.25) is 0 Å². The molecule has 0 bridgehead atoms. The number of Topliss-reactive ketones (excluding diaryl/α,β-unsaturated/α-hetero) is 1. The third-order valence-electron chi connectivity index (χ3n) is 7.14. The van der Waals surface area contributed by atoms with Gasteiger partial charge in [-0.05, 0) is 49.2 Å². The van der Waals surface area contributed by atoms with Crippen molar-refractivity contribution in [3.05, 3.63) is 53.1 Å². The number of rotatable bonds is 9. The first-order valence-corrected chi connectivity index (χ1v) is 13.3. The van der Waals surface area contributed by atoms with E-state index in [0.717, 1.165) is 19.6 Å². The standard InChI is InChI=1S/C29H34N2O8/c1-3-37-21-7-5-19(17-23(21)35-2)26-25(27(32)20-6-8-22-24(18-20)39-16-15-38-22)28(33)29(34)31(26)10-4-9-30-11-13-36-14-12-30/h5-8,17-18,26,32H,3-4,9-16H2,1-2H3/b27-25+/t26-/m0/s1. The maximum atomic E-state index is 13.4. The maximum Gasteiger partial charge on any atom is 0.295 e. The van der Waals surface area contributed by atoms with Gasteiger partial charge < -0.3 is 33.7 Å². The Morgan fingerprint density at radius 2 is 1.74 bits per heavy atom. The minimum Gasteiger partial charge on any atom is -0.507 e. The van der Waals surface area contributed by atoms with Crippen molar-refractivity contribution in [1.29, 1.82) is 0 Å². The summed E-state index contributed by atoms with van der Waals surface area (Å²) in [6, 6.07) is 9.50. The molecule has 2 aromatic carbocycles. The fourth-order valence-electron chi connectivity index (χ4n) is 5.22. The van der Waals surface area contributed by atoms with Crippen molar-refractivity contribution in [2.75, 3.05) is 66.3 Å². The molecule has 10 heteroatoms. The van der Waals surface area contributed by atoms with Crippen molar-refractivity contribution in [3.8, 4) is 23.0 Å². The molecule has 2 fully saturated rings. The minimum absolute atomic E-state index is 0.0225. The molecule has 3 aliphatic heterocycles. The molecule has 3 aliphatic rings. The number of nitrogens with zero attached hydrogens (tertiary/aromatic N) is 2. The molecule has 2 saturated heterocycles. The summed E-state index contributed by atoms with van der Waals surface area (Å²) in [5.74, 6) is 0.435. The average Bonchev–Trinajstić information content (AvgIpc) is 3.22. The Labute approximate surface area is 227 Å². The Hall–Kier alpha value is -3.76. The fourth-order valence-corrected chi connectivity index (χ4v) is 5.22. The highest BCUT2D eigenvalue weighted by molar-refractivity contribution is 6.46. The summed E-state index contributed by atoms with van der Waals surface area (Å²) in [6.45, 7) is 7.32. The van der Waals surface area contributed by atoms with Crippen LogP contribution in [0.4, 0.5) is 0 Å². The first-order valence-electron chi connectivity index (χ1n) is 13.3. The van der Waals surface area contributed by atoms with Crippen molar-refractivity contribution in [1.82, 2.24) is 9.80 Å². The largest absolute Gasteiger partial charge is 0.507 e. The van der Waals surface area contributed by atoms with Gasteiger partial charge in [0.2, 0.25) is 0 Å². The number of amides is 1. The summed E-state index contributed by atoms with van der Waals surface area (Å²) in [5, 5.41) is 11.5. The molecule has 5 rings (SSSR count). The topological polar surface area (TPSA) is 107 Å². The second-order valence-corrected chi connectivity index (χ2v) is 9.50. The molecule has 3 heterocycles. The van der Waals surface area contributed by atoms with E-state index in [1.807, 2.05) is 6.92 Å². The third-order valence-corrected chi connectivity index (χ3v) is 7.14. The van der Waals surface area contributed by atoms with E-state index in [9.17, 15) is 14.7 Å². The molecule has 0 aliphatic carbocycles. The van der Waals surface area contributed by atoms with Crippen LogP contribution in [0.1, 0.15) is 30.5 Å². The number of morpholine rings is 1. The number of aliphatic hydroxyl groups excluding tert-OH is 1. The van der Waals surface area contributed by atoms with Crippen molar-refractivity contribution < 1.29 is 38.4 Å². The predicted octanol–water partition coefficient (Wildman–Crippen LogP) is 3.01. The molecular weight excluding hydrogens is 504 g/mol. The molecule has 1 atom stereocenters. The summed E-state index contributed by atoms with van der Waals surface area (Å²) in [6.07, 6.45) is 0.668. The van der Waals surface area contributed by atoms with Crippen LogP contribution in [0.25, 0.3) is 5.76 Å². The number of fused-ring (bicyclic) bond motifs is 1. The molecule has 39 heavy (non-hydrogen) atoms. The Morgan fingerprint density at radius 3 is 2.49 bits per heavy atom. The van der Waals surface area contributed by atoms with Gasteiger partial charge in [0.25, 0.3) is 11.7 Å². The molecule has 208 valence electrons. The lowest BCUT2D eigenvalue weighted by atomic mass is 9.94. The van der Waals surface area contributed by atoms with Gasteiger partial charge in [-0.1, -0.05) is 6.07 Å². The third kappa shape index (κ3) is 5.53. The lowest BCUT2D eigenvalue weighted by Gasteiger charge is -2.29. The maximum absolute atomic E-state index is 13.4. The lowest BCUT2D eigenvalue weighted by Crippen LogP contribution is -2.39. The normalized spacial score (nSPS) is 20.8. The number of likely N-dealkylation sites (tertiary alicyclic amines) is 1. The van der Waals surface area contributed by atoms with Crippen LogP contribution >= 0.6 is 0 Å². The first-order chi connectivity index (χ1) is 19.0. The van der Waals surface area contributed by atoms with E-state index < -0.39 is 17.7 Å². The Bertz CT molecular complexity index is 1250. The van der Waals surface area contributed by atoms with E-state index in [2.05, 4.69) is 4.90 Å². The summed E-state index contributed by atoms with van der Waals surface area (Å²) in [4.78, 5) is 30.6. The van der Waals surface area contributed by atoms with Gasteiger partial charge >= 0.3 is 0 Å². The van der Waals surface area contributed by atoms with Gasteiger partial charge in [0.15, 0.2) is 23.0 Å². The highest BCUT2D eigenvalue weighted by Gasteiger charge is 2.46. The number of ketones is 1. The van der Waals surface area contributed by atoms with E-state index >= 15 is 0 Å². The summed E-state index contributed by atoms with van der Waals surface area (Å²) < 4.78 is 27.9. The van der Waals surface area contributed by atoms with Crippen LogP contribution in [0, 0.1) is 0 Å². The zero-order valence-corrected chi connectivity index (χ0v) is 22.3. The van der Waals surface area contributed by atoms with Crippen LogP contribution < -0.4 is 18.9 Å². The van der Waals surface area contributed by atoms with Crippen LogP contribution in [0.15, 0.2) is 42.0 Å². The van der Waals surface area contributed by atoms with Gasteiger partial charge in [-0.25, -0.2) is 0 Å². The van der Waals surface area contributed by atoms with E-state index in [4.69, 9.17) is 23.7 Å². The monoisotopic (exact) mass is 538 g/mol. The van der Waals surface area contributed by atoms with Gasteiger partial charge in [-0.15, -0.1) is 0 Å². The fraction of sp³-hybridized carbons (Fsp3) is 0.448. The highest BCUT2D eigenvalue weighted by atomic mass is 16.6. The molecule has 10 nitrogen and oxygen atoms in total. The number of benzene rings is 2. The van der Waals surface area contributed by atoms with Crippen molar-refractivity contribution in [2.45, 2.75) is 19.4 Å². The molecular formula is C29H34N2O8. The molecule has 1 N–H and O–H groups in total. The Morgan fingerprint density at radius 1 is 0.974 bits per heavy atom. The second kappa shape index (κ2) is 12.0. The second-order valence-electron chi connectivity index (χ2n) is 9.50. The molecule has 0 aromatic heterocycles. The smallest absolute Gasteiger partial charge is 0.295 e. The SMILES string of the molecule is CCOc1ccc([C@H]2/C(=C(\O)c3ccc4c(c3)OCCO4)C(=O)C(=O)N2CCCN2CCOCC2)cc1OC.